The first-order valence-electron chi connectivity index (χ1n) is 8.88. The van der Waals surface area contributed by atoms with Crippen molar-refractivity contribution in [1.29, 1.82) is 5.26 Å². The fraction of sp³-hybridized carbons (Fsp3) is 0.400. The van der Waals surface area contributed by atoms with Crippen molar-refractivity contribution >= 4 is 11.7 Å². The summed E-state index contributed by atoms with van der Waals surface area (Å²) < 4.78 is 0. The number of piperazine rings is 1. The second-order valence-corrected chi connectivity index (χ2v) is 6.85. The number of rotatable bonds is 3. The molecule has 0 N–H and O–H groups in total. The zero-order valence-electron chi connectivity index (χ0n) is 15.4. The number of aryl methyl sites for hydroxylation is 1. The van der Waals surface area contributed by atoms with Gasteiger partial charge in [0.2, 0.25) is 0 Å². The molecule has 0 bridgehead atoms. The molecule has 0 atom stereocenters. The van der Waals surface area contributed by atoms with Crippen molar-refractivity contribution in [2.45, 2.75) is 26.7 Å². The van der Waals surface area contributed by atoms with E-state index in [-0.39, 0.29) is 11.8 Å². The largest absolute Gasteiger partial charge is 0.353 e. The number of aromatic nitrogens is 2. The van der Waals surface area contributed by atoms with E-state index in [1.54, 1.807) is 24.3 Å². The lowest BCUT2D eigenvalue weighted by molar-refractivity contribution is 0.0746. The van der Waals surface area contributed by atoms with Crippen molar-refractivity contribution in [3.8, 4) is 6.07 Å². The maximum Gasteiger partial charge on any atom is 0.254 e. The highest BCUT2D eigenvalue weighted by atomic mass is 16.2. The molecule has 1 aromatic heterocycles. The van der Waals surface area contributed by atoms with Crippen LogP contribution in [-0.2, 0) is 0 Å². The molecule has 2 aromatic rings. The molecule has 26 heavy (non-hydrogen) atoms. The quantitative estimate of drug-likeness (QED) is 0.852. The predicted octanol–water partition coefficient (Wildman–Crippen LogP) is 2.74. The van der Waals surface area contributed by atoms with Crippen molar-refractivity contribution in [2.75, 3.05) is 31.1 Å². The van der Waals surface area contributed by atoms with Gasteiger partial charge in [0.15, 0.2) is 0 Å². The van der Waals surface area contributed by atoms with Gasteiger partial charge < -0.3 is 9.80 Å². The number of amides is 1. The highest BCUT2D eigenvalue weighted by molar-refractivity contribution is 5.94. The summed E-state index contributed by atoms with van der Waals surface area (Å²) in [5, 5.41) is 9.01. The van der Waals surface area contributed by atoms with Gasteiger partial charge in [0, 0.05) is 49.4 Å². The van der Waals surface area contributed by atoms with E-state index in [9.17, 15) is 4.79 Å². The van der Waals surface area contributed by atoms with Crippen molar-refractivity contribution in [1.82, 2.24) is 14.9 Å². The smallest absolute Gasteiger partial charge is 0.254 e. The van der Waals surface area contributed by atoms with Gasteiger partial charge in [-0.2, -0.15) is 5.26 Å². The van der Waals surface area contributed by atoms with Crippen molar-refractivity contribution in [3.63, 3.8) is 0 Å². The number of benzene rings is 1. The van der Waals surface area contributed by atoms with Gasteiger partial charge in [-0.05, 0) is 25.1 Å². The molecule has 6 heteroatoms. The Morgan fingerprint density at radius 2 is 1.88 bits per heavy atom. The molecule has 1 aromatic carbocycles. The molecular formula is C20H23N5O. The standard InChI is InChI=1S/C20H23N5O/c1-14(2)19-22-15(3)11-18(23-19)24-7-9-25(10-8-24)20(26)17-6-4-5-16(12-17)13-21/h4-6,11-12,14H,7-10H2,1-3H3. The monoisotopic (exact) mass is 349 g/mol. The number of nitrogens with zero attached hydrogens (tertiary/aromatic N) is 5. The minimum Gasteiger partial charge on any atom is -0.353 e. The van der Waals surface area contributed by atoms with E-state index < -0.39 is 0 Å². The van der Waals surface area contributed by atoms with Gasteiger partial charge in [0.1, 0.15) is 11.6 Å². The third-order valence-corrected chi connectivity index (χ3v) is 4.50. The Morgan fingerprint density at radius 3 is 2.54 bits per heavy atom. The van der Waals surface area contributed by atoms with Gasteiger partial charge in [-0.1, -0.05) is 19.9 Å². The Balaban J connectivity index is 1.69. The fourth-order valence-corrected chi connectivity index (χ4v) is 3.04. The van der Waals surface area contributed by atoms with E-state index in [1.165, 1.54) is 0 Å². The summed E-state index contributed by atoms with van der Waals surface area (Å²) in [5.74, 6) is 2.04. The van der Waals surface area contributed by atoms with Crippen molar-refractivity contribution in [3.05, 3.63) is 53.0 Å². The molecule has 134 valence electrons. The average molecular weight is 349 g/mol. The molecule has 0 radical (unpaired) electrons. The minimum absolute atomic E-state index is 0.0245. The average Bonchev–Trinajstić information content (AvgIpc) is 2.67. The molecule has 2 heterocycles. The molecule has 0 unspecified atom stereocenters. The SMILES string of the molecule is Cc1cc(N2CCN(C(=O)c3cccc(C#N)c3)CC2)nc(C(C)C)n1. The first kappa shape index (κ1) is 17.9. The normalized spacial score (nSPS) is 14.4. The van der Waals surface area contributed by atoms with E-state index in [0.29, 0.717) is 24.2 Å². The lowest BCUT2D eigenvalue weighted by Gasteiger charge is -2.35. The van der Waals surface area contributed by atoms with Gasteiger partial charge in [0.05, 0.1) is 11.6 Å². The van der Waals surface area contributed by atoms with Crippen LogP contribution in [0.15, 0.2) is 30.3 Å². The Labute approximate surface area is 154 Å². The molecule has 1 fully saturated rings. The molecule has 1 aliphatic rings. The molecular weight excluding hydrogens is 326 g/mol. The van der Waals surface area contributed by atoms with Crippen molar-refractivity contribution < 1.29 is 4.79 Å². The van der Waals surface area contributed by atoms with Crippen LogP contribution in [0.2, 0.25) is 0 Å². The van der Waals surface area contributed by atoms with E-state index in [4.69, 9.17) is 5.26 Å². The number of hydrogen-bond donors (Lipinski definition) is 0. The zero-order chi connectivity index (χ0) is 18.7. The summed E-state index contributed by atoms with van der Waals surface area (Å²) in [4.78, 5) is 25.9. The highest BCUT2D eigenvalue weighted by Gasteiger charge is 2.23. The Hall–Kier alpha value is -2.94. The zero-order valence-corrected chi connectivity index (χ0v) is 15.4. The predicted molar refractivity (Wildman–Crippen MR) is 100 cm³/mol. The molecule has 3 rings (SSSR count). The summed E-state index contributed by atoms with van der Waals surface area (Å²) in [7, 11) is 0. The van der Waals surface area contributed by atoms with Crippen LogP contribution in [-0.4, -0.2) is 47.0 Å². The van der Waals surface area contributed by atoms with Crippen LogP contribution in [0.1, 0.15) is 47.2 Å². The van der Waals surface area contributed by atoms with Crippen LogP contribution in [0.4, 0.5) is 5.82 Å². The van der Waals surface area contributed by atoms with Gasteiger partial charge >= 0.3 is 0 Å². The second kappa shape index (κ2) is 7.52. The van der Waals surface area contributed by atoms with Crippen LogP contribution in [0, 0.1) is 18.3 Å². The van der Waals surface area contributed by atoms with Crippen LogP contribution in [0.5, 0.6) is 0 Å². The third-order valence-electron chi connectivity index (χ3n) is 4.50. The minimum atomic E-state index is -0.0245. The van der Waals surface area contributed by atoms with Gasteiger partial charge in [-0.15, -0.1) is 0 Å². The van der Waals surface area contributed by atoms with Gasteiger partial charge in [-0.3, -0.25) is 4.79 Å². The summed E-state index contributed by atoms with van der Waals surface area (Å²) in [6.07, 6.45) is 0. The van der Waals surface area contributed by atoms with Crippen LogP contribution >= 0.6 is 0 Å². The first-order chi connectivity index (χ1) is 12.5. The second-order valence-electron chi connectivity index (χ2n) is 6.85. The fourth-order valence-electron chi connectivity index (χ4n) is 3.04. The molecule has 0 spiro atoms. The number of nitriles is 1. The highest BCUT2D eigenvalue weighted by Crippen LogP contribution is 2.19. The van der Waals surface area contributed by atoms with E-state index >= 15 is 0 Å². The summed E-state index contributed by atoms with van der Waals surface area (Å²) in [6, 6.07) is 10.9. The molecule has 0 aliphatic carbocycles. The summed E-state index contributed by atoms with van der Waals surface area (Å²) >= 11 is 0. The van der Waals surface area contributed by atoms with E-state index in [1.807, 2.05) is 17.9 Å². The van der Waals surface area contributed by atoms with Crippen molar-refractivity contribution in [2.24, 2.45) is 0 Å². The first-order valence-corrected chi connectivity index (χ1v) is 8.88. The van der Waals surface area contributed by atoms with Gasteiger partial charge in [-0.25, -0.2) is 9.97 Å². The number of anilines is 1. The van der Waals surface area contributed by atoms with Gasteiger partial charge in [0.25, 0.3) is 5.91 Å². The maximum absolute atomic E-state index is 12.7. The summed E-state index contributed by atoms with van der Waals surface area (Å²) in [6.45, 7) is 8.90. The Bertz CT molecular complexity index is 848. The third kappa shape index (κ3) is 3.83. The number of carbonyl (C=O) groups is 1. The molecule has 1 amide bonds. The number of carbonyl (C=O) groups excluding carboxylic acids is 1. The maximum atomic E-state index is 12.7. The van der Waals surface area contributed by atoms with Crippen LogP contribution in [0.25, 0.3) is 0 Å². The van der Waals surface area contributed by atoms with E-state index in [2.05, 4.69) is 34.8 Å². The van der Waals surface area contributed by atoms with Crippen LogP contribution < -0.4 is 4.90 Å². The summed E-state index contributed by atoms with van der Waals surface area (Å²) in [5.41, 5.74) is 2.04. The lowest BCUT2D eigenvalue weighted by atomic mass is 10.1. The molecule has 1 saturated heterocycles. The lowest BCUT2D eigenvalue weighted by Crippen LogP contribution is -2.49. The topological polar surface area (TPSA) is 73.1 Å². The molecule has 1 aliphatic heterocycles. The van der Waals surface area contributed by atoms with E-state index in [0.717, 1.165) is 30.4 Å². The Morgan fingerprint density at radius 1 is 1.15 bits per heavy atom. The Kier molecular flexibility index (Phi) is 5.17. The molecule has 6 nitrogen and oxygen atoms in total. The van der Waals surface area contributed by atoms with Crippen LogP contribution in [0.3, 0.4) is 0 Å². The number of hydrogen-bond acceptors (Lipinski definition) is 5. The molecule has 0 saturated carbocycles.